The van der Waals surface area contributed by atoms with Crippen LogP contribution in [0.15, 0.2) is 30.3 Å². The Morgan fingerprint density at radius 2 is 1.69 bits per heavy atom. The third kappa shape index (κ3) is 2.05. The van der Waals surface area contributed by atoms with E-state index in [4.69, 9.17) is 0 Å². The van der Waals surface area contributed by atoms with Gasteiger partial charge in [-0.2, -0.15) is 0 Å². The molecule has 1 saturated carbocycles. The van der Waals surface area contributed by atoms with Crippen molar-refractivity contribution in [2.75, 3.05) is 13.1 Å². The van der Waals surface area contributed by atoms with Crippen molar-refractivity contribution in [1.82, 2.24) is 4.90 Å². The lowest BCUT2D eigenvalue weighted by atomic mass is 9.98. The van der Waals surface area contributed by atoms with Crippen LogP contribution in [-0.2, 0) is 6.54 Å². The van der Waals surface area contributed by atoms with Gasteiger partial charge in [0.25, 0.3) is 0 Å². The monoisotopic (exact) mass is 279 g/mol. The number of nitrogens with zero attached hydrogens (tertiary/aromatic N) is 1. The smallest absolute Gasteiger partial charge is 0.0233 e. The average molecular weight is 280 g/mol. The van der Waals surface area contributed by atoms with Gasteiger partial charge in [-0.15, -0.1) is 0 Å². The molecule has 3 atom stereocenters. The maximum absolute atomic E-state index is 3.87. The predicted molar refractivity (Wildman–Crippen MR) is 70.6 cm³/mol. The first-order valence-corrected chi connectivity index (χ1v) is 7.15. The average Bonchev–Trinajstić information content (AvgIpc) is 2.54. The molecule has 1 aliphatic heterocycles. The summed E-state index contributed by atoms with van der Waals surface area (Å²) in [7, 11) is 0. The molecule has 16 heavy (non-hydrogen) atoms. The minimum atomic E-state index is 0.791. The van der Waals surface area contributed by atoms with E-state index >= 15 is 0 Å². The molecule has 1 saturated heterocycles. The number of hydrogen-bond acceptors (Lipinski definition) is 1. The molecule has 0 amide bonds. The second kappa shape index (κ2) is 4.50. The minimum Gasteiger partial charge on any atom is -0.298 e. The van der Waals surface area contributed by atoms with Crippen LogP contribution < -0.4 is 0 Å². The minimum absolute atomic E-state index is 0.791. The van der Waals surface area contributed by atoms with E-state index < -0.39 is 0 Å². The van der Waals surface area contributed by atoms with Gasteiger partial charge in [0, 0.05) is 24.5 Å². The fourth-order valence-electron chi connectivity index (χ4n) is 3.22. The zero-order valence-electron chi connectivity index (χ0n) is 9.48. The first-order valence-electron chi connectivity index (χ1n) is 6.23. The highest BCUT2D eigenvalue weighted by atomic mass is 79.9. The molecule has 1 aliphatic carbocycles. The van der Waals surface area contributed by atoms with E-state index in [9.17, 15) is 0 Å². The highest BCUT2D eigenvalue weighted by Crippen LogP contribution is 2.41. The van der Waals surface area contributed by atoms with Gasteiger partial charge < -0.3 is 0 Å². The molecule has 1 aromatic rings. The lowest BCUT2D eigenvalue weighted by Gasteiger charge is -2.35. The number of halogens is 1. The second-order valence-corrected chi connectivity index (χ2v) is 6.28. The molecule has 2 aliphatic rings. The van der Waals surface area contributed by atoms with Crippen molar-refractivity contribution in [3.63, 3.8) is 0 Å². The molecule has 1 aromatic carbocycles. The van der Waals surface area contributed by atoms with E-state index in [1.165, 1.54) is 31.5 Å². The van der Waals surface area contributed by atoms with Crippen LogP contribution in [-0.4, -0.2) is 22.8 Å². The fourth-order valence-corrected chi connectivity index (χ4v) is 4.09. The SMILES string of the molecule is BrC1[C@@H]2CC[C@H]1CN(Cc1ccccc1)C2. The van der Waals surface area contributed by atoms with E-state index in [1.807, 2.05) is 0 Å². The van der Waals surface area contributed by atoms with Crippen molar-refractivity contribution >= 4 is 15.9 Å². The topological polar surface area (TPSA) is 3.24 Å². The van der Waals surface area contributed by atoms with Crippen molar-refractivity contribution in [2.24, 2.45) is 11.8 Å². The molecule has 3 rings (SSSR count). The maximum Gasteiger partial charge on any atom is 0.0233 e. The van der Waals surface area contributed by atoms with Gasteiger partial charge in [0.1, 0.15) is 0 Å². The predicted octanol–water partition coefficient (Wildman–Crippen LogP) is 3.29. The standard InChI is InChI=1S/C14H18BrN/c15-14-12-6-7-13(14)10-16(9-12)8-11-4-2-1-3-5-11/h1-5,12-14H,6-10H2/t12-,13+,14?. The van der Waals surface area contributed by atoms with Crippen LogP contribution >= 0.6 is 15.9 Å². The Hall–Kier alpha value is -0.340. The molecule has 2 fully saturated rings. The van der Waals surface area contributed by atoms with Gasteiger partial charge in [-0.1, -0.05) is 46.3 Å². The van der Waals surface area contributed by atoms with Gasteiger partial charge in [0.15, 0.2) is 0 Å². The summed E-state index contributed by atoms with van der Waals surface area (Å²) in [5.74, 6) is 1.78. The first-order chi connectivity index (χ1) is 7.83. The van der Waals surface area contributed by atoms with Crippen molar-refractivity contribution in [2.45, 2.75) is 24.2 Å². The number of fused-ring (bicyclic) bond motifs is 2. The molecule has 0 N–H and O–H groups in total. The zero-order valence-corrected chi connectivity index (χ0v) is 11.1. The lowest BCUT2D eigenvalue weighted by Crippen LogP contribution is -2.41. The van der Waals surface area contributed by atoms with Gasteiger partial charge in [-0.3, -0.25) is 4.90 Å². The lowest BCUT2D eigenvalue weighted by molar-refractivity contribution is 0.168. The van der Waals surface area contributed by atoms with Gasteiger partial charge in [-0.25, -0.2) is 0 Å². The van der Waals surface area contributed by atoms with Crippen LogP contribution in [0.5, 0.6) is 0 Å². The van der Waals surface area contributed by atoms with Crippen LogP contribution in [0.3, 0.4) is 0 Å². The molecule has 0 radical (unpaired) electrons. The van der Waals surface area contributed by atoms with Crippen molar-refractivity contribution in [3.05, 3.63) is 35.9 Å². The number of benzene rings is 1. The molecule has 0 spiro atoms. The molecular formula is C14H18BrN. The third-order valence-electron chi connectivity index (χ3n) is 4.04. The van der Waals surface area contributed by atoms with Crippen LogP contribution in [0.25, 0.3) is 0 Å². The van der Waals surface area contributed by atoms with Crippen LogP contribution in [0.4, 0.5) is 0 Å². The van der Waals surface area contributed by atoms with Crippen LogP contribution in [0.2, 0.25) is 0 Å². The Morgan fingerprint density at radius 1 is 1.06 bits per heavy atom. The molecule has 0 aromatic heterocycles. The highest BCUT2D eigenvalue weighted by molar-refractivity contribution is 9.09. The fraction of sp³-hybridized carbons (Fsp3) is 0.571. The Labute approximate surface area is 106 Å². The Kier molecular flexibility index (Phi) is 3.03. The Bertz CT molecular complexity index is 337. The summed E-state index contributed by atoms with van der Waals surface area (Å²) in [6, 6.07) is 10.9. The number of piperidine rings is 1. The molecule has 86 valence electrons. The zero-order chi connectivity index (χ0) is 11.0. The summed E-state index contributed by atoms with van der Waals surface area (Å²) < 4.78 is 0. The summed E-state index contributed by atoms with van der Waals surface area (Å²) in [5.41, 5.74) is 1.45. The normalized spacial score (nSPS) is 34.2. The van der Waals surface area contributed by atoms with Crippen LogP contribution in [0, 0.1) is 11.8 Å². The third-order valence-corrected chi connectivity index (χ3v) is 5.54. The summed E-state index contributed by atoms with van der Waals surface area (Å²) in [6.07, 6.45) is 2.84. The van der Waals surface area contributed by atoms with Gasteiger partial charge in [0.05, 0.1) is 0 Å². The van der Waals surface area contributed by atoms with Crippen LogP contribution in [0.1, 0.15) is 18.4 Å². The van der Waals surface area contributed by atoms with Crippen molar-refractivity contribution in [3.8, 4) is 0 Å². The number of likely N-dealkylation sites (tertiary alicyclic amines) is 1. The van der Waals surface area contributed by atoms with Crippen molar-refractivity contribution in [1.29, 1.82) is 0 Å². The second-order valence-electron chi connectivity index (χ2n) is 5.22. The molecule has 1 nitrogen and oxygen atoms in total. The molecule has 1 heterocycles. The number of rotatable bonds is 2. The maximum atomic E-state index is 3.87. The number of alkyl halides is 1. The summed E-state index contributed by atoms with van der Waals surface area (Å²) in [5, 5.41) is 0. The molecule has 2 heteroatoms. The molecule has 1 unspecified atom stereocenters. The summed E-state index contributed by atoms with van der Waals surface area (Å²) in [6.45, 7) is 3.69. The molecular weight excluding hydrogens is 262 g/mol. The highest BCUT2D eigenvalue weighted by Gasteiger charge is 2.40. The van der Waals surface area contributed by atoms with Gasteiger partial charge >= 0.3 is 0 Å². The quantitative estimate of drug-likeness (QED) is 0.751. The summed E-state index contributed by atoms with van der Waals surface area (Å²) in [4.78, 5) is 3.43. The van der Waals surface area contributed by atoms with E-state index in [-0.39, 0.29) is 0 Å². The van der Waals surface area contributed by atoms with E-state index in [2.05, 4.69) is 51.2 Å². The largest absolute Gasteiger partial charge is 0.298 e. The van der Waals surface area contributed by atoms with Gasteiger partial charge in [-0.05, 0) is 30.2 Å². The number of hydrogen-bond donors (Lipinski definition) is 0. The van der Waals surface area contributed by atoms with Crippen molar-refractivity contribution < 1.29 is 0 Å². The molecule has 2 bridgehead atoms. The Morgan fingerprint density at radius 3 is 2.31 bits per heavy atom. The van der Waals surface area contributed by atoms with E-state index in [0.717, 1.165) is 23.2 Å². The summed E-state index contributed by atoms with van der Waals surface area (Å²) >= 11 is 3.87. The van der Waals surface area contributed by atoms with E-state index in [0.29, 0.717) is 0 Å². The first kappa shape index (κ1) is 10.8. The van der Waals surface area contributed by atoms with E-state index in [1.54, 1.807) is 0 Å². The van der Waals surface area contributed by atoms with Gasteiger partial charge in [0.2, 0.25) is 0 Å². The Balaban J connectivity index is 1.66.